The maximum atomic E-state index is 5.91. The van der Waals surface area contributed by atoms with Crippen LogP contribution in [0.2, 0.25) is 5.02 Å². The van der Waals surface area contributed by atoms with E-state index in [0.29, 0.717) is 0 Å². The molecule has 1 unspecified atom stereocenters. The summed E-state index contributed by atoms with van der Waals surface area (Å²) in [5, 5.41) is 4.30. The van der Waals surface area contributed by atoms with Crippen LogP contribution in [-0.4, -0.2) is 31.6 Å². The maximum Gasteiger partial charge on any atom is 0.0417 e. The Morgan fingerprint density at radius 3 is 3.00 bits per heavy atom. The molecule has 1 atom stereocenters. The Balaban J connectivity index is 1.78. The summed E-state index contributed by atoms with van der Waals surface area (Å²) in [6, 6.07) is 5.95. The number of hydrogen-bond acceptors (Lipinski definition) is 2. The molecule has 1 N–H and O–H groups in total. The van der Waals surface area contributed by atoms with Gasteiger partial charge in [0.15, 0.2) is 0 Å². The fourth-order valence-electron chi connectivity index (χ4n) is 2.27. The largest absolute Gasteiger partial charge is 0.312 e. The molecule has 2 rings (SSSR count). The Labute approximate surface area is 116 Å². The average molecular weight is 318 g/mol. The van der Waals surface area contributed by atoms with Crippen LogP contribution in [-0.2, 0) is 6.54 Å². The van der Waals surface area contributed by atoms with Gasteiger partial charge in [0.25, 0.3) is 0 Å². The summed E-state index contributed by atoms with van der Waals surface area (Å²) in [5.41, 5.74) is 1.26. The topological polar surface area (TPSA) is 15.3 Å². The zero-order valence-electron chi connectivity index (χ0n) is 10.0. The monoisotopic (exact) mass is 316 g/mol. The van der Waals surface area contributed by atoms with Crippen LogP contribution in [0.25, 0.3) is 0 Å². The molecule has 1 heterocycles. The van der Waals surface area contributed by atoms with Gasteiger partial charge in [-0.3, -0.25) is 0 Å². The minimum absolute atomic E-state index is 0.776. The molecular weight excluding hydrogens is 300 g/mol. The summed E-state index contributed by atoms with van der Waals surface area (Å²) in [5.74, 6) is 0.797. The van der Waals surface area contributed by atoms with E-state index >= 15 is 0 Å². The Bertz CT molecular complexity index is 384. The van der Waals surface area contributed by atoms with Gasteiger partial charge in [-0.1, -0.05) is 33.6 Å². The third-order valence-electron chi connectivity index (χ3n) is 3.25. The number of nitrogens with zero attached hydrogens (tertiary/aromatic N) is 1. The summed E-state index contributed by atoms with van der Waals surface area (Å²) in [6.07, 6.45) is 1.31. The highest BCUT2D eigenvalue weighted by Gasteiger charge is 2.18. The SMILES string of the molecule is CN1CCC(CNCc2ccc(Cl)cc2Br)C1. The lowest BCUT2D eigenvalue weighted by molar-refractivity contribution is 0.388. The number of rotatable bonds is 4. The lowest BCUT2D eigenvalue weighted by Crippen LogP contribution is -2.24. The molecule has 94 valence electrons. The van der Waals surface area contributed by atoms with E-state index in [-0.39, 0.29) is 0 Å². The Morgan fingerprint density at radius 1 is 1.53 bits per heavy atom. The predicted molar refractivity (Wildman–Crippen MR) is 76.5 cm³/mol. The van der Waals surface area contributed by atoms with Crippen LogP contribution >= 0.6 is 27.5 Å². The smallest absolute Gasteiger partial charge is 0.0417 e. The minimum Gasteiger partial charge on any atom is -0.312 e. The van der Waals surface area contributed by atoms with Crippen LogP contribution in [0.1, 0.15) is 12.0 Å². The second-order valence-electron chi connectivity index (χ2n) is 4.78. The third-order valence-corrected chi connectivity index (χ3v) is 4.23. The first kappa shape index (κ1) is 13.3. The molecule has 1 aliphatic heterocycles. The maximum absolute atomic E-state index is 5.91. The molecule has 0 aromatic heterocycles. The van der Waals surface area contributed by atoms with Gasteiger partial charge in [-0.05, 0) is 50.2 Å². The van der Waals surface area contributed by atoms with E-state index in [1.165, 1.54) is 25.1 Å². The van der Waals surface area contributed by atoms with E-state index in [1.54, 1.807) is 0 Å². The van der Waals surface area contributed by atoms with E-state index < -0.39 is 0 Å². The number of nitrogens with one attached hydrogen (secondary N) is 1. The molecule has 1 saturated heterocycles. The molecule has 1 aromatic rings. The summed E-state index contributed by atoms with van der Waals surface area (Å²) in [7, 11) is 2.19. The quantitative estimate of drug-likeness (QED) is 0.918. The summed E-state index contributed by atoms with van der Waals surface area (Å²) in [6.45, 7) is 4.45. The van der Waals surface area contributed by atoms with Crippen LogP contribution in [0.4, 0.5) is 0 Å². The van der Waals surface area contributed by atoms with Crippen molar-refractivity contribution in [3.8, 4) is 0 Å². The molecule has 1 aliphatic rings. The molecule has 0 amide bonds. The second kappa shape index (κ2) is 6.19. The number of halogens is 2. The summed E-state index contributed by atoms with van der Waals surface area (Å²) >= 11 is 9.45. The normalized spacial score (nSPS) is 21.0. The second-order valence-corrected chi connectivity index (χ2v) is 6.07. The van der Waals surface area contributed by atoms with Crippen molar-refractivity contribution >= 4 is 27.5 Å². The summed E-state index contributed by atoms with van der Waals surface area (Å²) in [4.78, 5) is 2.39. The van der Waals surface area contributed by atoms with Crippen molar-refractivity contribution in [2.24, 2.45) is 5.92 Å². The van der Waals surface area contributed by atoms with Crippen molar-refractivity contribution in [2.45, 2.75) is 13.0 Å². The number of benzene rings is 1. The van der Waals surface area contributed by atoms with Gasteiger partial charge in [-0.2, -0.15) is 0 Å². The van der Waals surface area contributed by atoms with Gasteiger partial charge in [0.05, 0.1) is 0 Å². The van der Waals surface area contributed by atoms with Gasteiger partial charge in [-0.15, -0.1) is 0 Å². The minimum atomic E-state index is 0.776. The van der Waals surface area contributed by atoms with Crippen LogP contribution in [0.5, 0.6) is 0 Å². The zero-order chi connectivity index (χ0) is 12.3. The van der Waals surface area contributed by atoms with E-state index in [2.05, 4.69) is 39.3 Å². The lowest BCUT2D eigenvalue weighted by atomic mass is 10.1. The van der Waals surface area contributed by atoms with Crippen molar-refractivity contribution < 1.29 is 0 Å². The van der Waals surface area contributed by atoms with Gasteiger partial charge in [0.2, 0.25) is 0 Å². The third kappa shape index (κ3) is 3.95. The van der Waals surface area contributed by atoms with E-state index in [1.807, 2.05) is 12.1 Å². The van der Waals surface area contributed by atoms with E-state index in [0.717, 1.165) is 28.5 Å². The van der Waals surface area contributed by atoms with Gasteiger partial charge in [-0.25, -0.2) is 0 Å². The Kier molecular flexibility index (Phi) is 4.86. The van der Waals surface area contributed by atoms with Crippen LogP contribution in [0, 0.1) is 5.92 Å². The number of likely N-dealkylation sites (tertiary alicyclic amines) is 1. The van der Waals surface area contributed by atoms with Gasteiger partial charge in [0, 0.05) is 22.6 Å². The van der Waals surface area contributed by atoms with Crippen molar-refractivity contribution in [3.63, 3.8) is 0 Å². The van der Waals surface area contributed by atoms with Crippen molar-refractivity contribution in [1.82, 2.24) is 10.2 Å². The van der Waals surface area contributed by atoms with Crippen LogP contribution in [0.3, 0.4) is 0 Å². The highest BCUT2D eigenvalue weighted by atomic mass is 79.9. The van der Waals surface area contributed by atoms with Crippen molar-refractivity contribution in [1.29, 1.82) is 0 Å². The first-order valence-electron chi connectivity index (χ1n) is 5.98. The standard InChI is InChI=1S/C13H18BrClN2/c1-17-5-4-10(9-17)7-16-8-11-2-3-12(15)6-13(11)14/h2-3,6,10,16H,4-5,7-9H2,1H3. The predicted octanol–water partition coefficient (Wildman–Crippen LogP) is 3.14. The molecule has 0 radical (unpaired) electrons. The highest BCUT2D eigenvalue weighted by molar-refractivity contribution is 9.10. The van der Waals surface area contributed by atoms with Crippen molar-refractivity contribution in [2.75, 3.05) is 26.7 Å². The van der Waals surface area contributed by atoms with Gasteiger partial charge in [0.1, 0.15) is 0 Å². The number of hydrogen-bond donors (Lipinski definition) is 1. The molecule has 17 heavy (non-hydrogen) atoms. The molecule has 0 saturated carbocycles. The first-order valence-corrected chi connectivity index (χ1v) is 7.15. The van der Waals surface area contributed by atoms with Crippen molar-refractivity contribution in [3.05, 3.63) is 33.3 Å². The molecule has 0 aliphatic carbocycles. The molecule has 0 bridgehead atoms. The van der Waals surface area contributed by atoms with Crippen LogP contribution < -0.4 is 5.32 Å². The zero-order valence-corrected chi connectivity index (χ0v) is 12.4. The molecule has 4 heteroatoms. The van der Waals surface area contributed by atoms with Gasteiger partial charge >= 0.3 is 0 Å². The average Bonchev–Trinajstić information content (AvgIpc) is 2.68. The molecule has 0 spiro atoms. The fraction of sp³-hybridized carbons (Fsp3) is 0.538. The summed E-state index contributed by atoms with van der Waals surface area (Å²) < 4.78 is 1.08. The Hall–Kier alpha value is -0.0900. The van der Waals surface area contributed by atoms with Gasteiger partial charge < -0.3 is 10.2 Å². The molecule has 2 nitrogen and oxygen atoms in total. The molecule has 1 aromatic carbocycles. The molecular formula is C13H18BrClN2. The Morgan fingerprint density at radius 2 is 2.35 bits per heavy atom. The highest BCUT2D eigenvalue weighted by Crippen LogP contribution is 2.21. The fourth-order valence-corrected chi connectivity index (χ4v) is 3.09. The first-order chi connectivity index (χ1) is 8.15. The van der Waals surface area contributed by atoms with E-state index in [4.69, 9.17) is 11.6 Å². The van der Waals surface area contributed by atoms with E-state index in [9.17, 15) is 0 Å². The molecule has 1 fully saturated rings. The lowest BCUT2D eigenvalue weighted by Gasteiger charge is -2.12. The van der Waals surface area contributed by atoms with Crippen LogP contribution in [0.15, 0.2) is 22.7 Å².